The van der Waals surface area contributed by atoms with Gasteiger partial charge in [-0.25, -0.2) is 18.4 Å². The first kappa shape index (κ1) is 19.8. The molecule has 1 saturated heterocycles. The van der Waals surface area contributed by atoms with Gasteiger partial charge in [-0.05, 0) is 31.2 Å². The van der Waals surface area contributed by atoms with Gasteiger partial charge in [0.2, 0.25) is 10.0 Å². The zero-order chi connectivity index (χ0) is 20.3. The van der Waals surface area contributed by atoms with Gasteiger partial charge in [-0.15, -0.1) is 0 Å². The minimum atomic E-state index is -3.52. The summed E-state index contributed by atoms with van der Waals surface area (Å²) in [6.45, 7) is 5.24. The summed E-state index contributed by atoms with van der Waals surface area (Å²) in [5, 5.41) is 3.25. The zero-order valence-corrected chi connectivity index (χ0v) is 17.2. The maximum absolute atomic E-state index is 12.7. The molecule has 0 atom stereocenters. The van der Waals surface area contributed by atoms with Crippen LogP contribution < -0.4 is 5.32 Å². The highest BCUT2D eigenvalue weighted by molar-refractivity contribution is 7.89. The van der Waals surface area contributed by atoms with E-state index in [9.17, 15) is 8.42 Å². The van der Waals surface area contributed by atoms with E-state index in [0.717, 1.165) is 29.8 Å². The SMILES string of the molecule is CCn1c(CCNc2ccc(S(=O)(=O)N3CCOCC3)cn2)nc2ccccc21. The number of anilines is 1. The minimum Gasteiger partial charge on any atom is -0.379 e. The van der Waals surface area contributed by atoms with Gasteiger partial charge in [-0.2, -0.15) is 4.31 Å². The van der Waals surface area contributed by atoms with Gasteiger partial charge >= 0.3 is 0 Å². The number of rotatable bonds is 7. The molecule has 1 aromatic carbocycles. The van der Waals surface area contributed by atoms with Crippen LogP contribution in [0.25, 0.3) is 11.0 Å². The highest BCUT2D eigenvalue weighted by atomic mass is 32.2. The summed E-state index contributed by atoms with van der Waals surface area (Å²) in [7, 11) is -3.52. The monoisotopic (exact) mass is 415 g/mol. The fourth-order valence-corrected chi connectivity index (χ4v) is 4.90. The summed E-state index contributed by atoms with van der Waals surface area (Å²) in [6.07, 6.45) is 2.16. The Labute approximate surface area is 170 Å². The van der Waals surface area contributed by atoms with Crippen molar-refractivity contribution in [2.45, 2.75) is 24.8 Å². The molecule has 9 heteroatoms. The van der Waals surface area contributed by atoms with Gasteiger partial charge in [0.15, 0.2) is 0 Å². The lowest BCUT2D eigenvalue weighted by molar-refractivity contribution is 0.0730. The highest BCUT2D eigenvalue weighted by Crippen LogP contribution is 2.18. The number of ether oxygens (including phenoxy) is 1. The topological polar surface area (TPSA) is 89.4 Å². The van der Waals surface area contributed by atoms with Crippen LogP contribution in [0.3, 0.4) is 0 Å². The van der Waals surface area contributed by atoms with Crippen molar-refractivity contribution in [1.29, 1.82) is 0 Å². The first-order valence-corrected chi connectivity index (χ1v) is 11.3. The molecule has 0 saturated carbocycles. The van der Waals surface area contributed by atoms with Crippen molar-refractivity contribution in [3.8, 4) is 0 Å². The Balaban J connectivity index is 1.40. The number of benzene rings is 1. The molecule has 4 rings (SSSR count). The molecule has 0 bridgehead atoms. The van der Waals surface area contributed by atoms with Crippen LogP contribution in [-0.4, -0.2) is 60.1 Å². The third-order valence-electron chi connectivity index (χ3n) is 5.05. The van der Waals surface area contributed by atoms with Crippen LogP contribution in [0.15, 0.2) is 47.5 Å². The molecule has 1 fully saturated rings. The van der Waals surface area contributed by atoms with Crippen LogP contribution in [0, 0.1) is 0 Å². The number of nitrogens with one attached hydrogen (secondary N) is 1. The van der Waals surface area contributed by atoms with E-state index in [1.165, 1.54) is 10.5 Å². The van der Waals surface area contributed by atoms with E-state index in [0.29, 0.717) is 38.7 Å². The zero-order valence-electron chi connectivity index (χ0n) is 16.4. The van der Waals surface area contributed by atoms with E-state index >= 15 is 0 Å². The second-order valence-corrected chi connectivity index (χ2v) is 8.77. The van der Waals surface area contributed by atoms with Gasteiger partial charge in [-0.3, -0.25) is 0 Å². The summed E-state index contributed by atoms with van der Waals surface area (Å²) in [6, 6.07) is 11.4. The van der Waals surface area contributed by atoms with Crippen LogP contribution in [0.2, 0.25) is 0 Å². The summed E-state index contributed by atoms with van der Waals surface area (Å²) >= 11 is 0. The number of fused-ring (bicyclic) bond motifs is 1. The van der Waals surface area contributed by atoms with Gasteiger partial charge in [0.1, 0.15) is 16.5 Å². The van der Waals surface area contributed by atoms with Crippen molar-refractivity contribution in [2.24, 2.45) is 0 Å². The molecule has 0 radical (unpaired) electrons. The van der Waals surface area contributed by atoms with E-state index in [-0.39, 0.29) is 4.90 Å². The predicted octanol–water partition coefficient (Wildman–Crippen LogP) is 2.13. The number of pyridine rings is 1. The number of para-hydroxylation sites is 2. The molecular weight excluding hydrogens is 390 g/mol. The molecule has 0 spiro atoms. The molecular formula is C20H25N5O3S. The number of aryl methyl sites for hydroxylation is 1. The molecule has 3 aromatic rings. The molecule has 8 nitrogen and oxygen atoms in total. The lowest BCUT2D eigenvalue weighted by Gasteiger charge is -2.25. The Kier molecular flexibility index (Phi) is 5.79. The lowest BCUT2D eigenvalue weighted by atomic mass is 10.3. The summed E-state index contributed by atoms with van der Waals surface area (Å²) in [4.78, 5) is 9.21. The average molecular weight is 416 g/mol. The average Bonchev–Trinajstić information content (AvgIpc) is 3.12. The Hall–Kier alpha value is -2.49. The molecule has 1 aliphatic heterocycles. The second kappa shape index (κ2) is 8.48. The van der Waals surface area contributed by atoms with Crippen LogP contribution in [0.5, 0.6) is 0 Å². The molecule has 0 amide bonds. The molecule has 1 N–H and O–H groups in total. The van der Waals surface area contributed by atoms with Crippen LogP contribution in [0.4, 0.5) is 5.82 Å². The first-order chi connectivity index (χ1) is 14.1. The van der Waals surface area contributed by atoms with E-state index < -0.39 is 10.0 Å². The predicted molar refractivity (Wildman–Crippen MR) is 111 cm³/mol. The molecule has 154 valence electrons. The van der Waals surface area contributed by atoms with E-state index in [2.05, 4.69) is 27.9 Å². The van der Waals surface area contributed by atoms with Crippen molar-refractivity contribution >= 4 is 26.9 Å². The van der Waals surface area contributed by atoms with Gasteiger partial charge in [0, 0.05) is 38.8 Å². The maximum Gasteiger partial charge on any atom is 0.244 e. The van der Waals surface area contributed by atoms with Crippen LogP contribution >= 0.6 is 0 Å². The molecule has 1 aliphatic rings. The fourth-order valence-electron chi connectivity index (χ4n) is 3.54. The Morgan fingerprint density at radius 1 is 1.14 bits per heavy atom. The first-order valence-electron chi connectivity index (χ1n) is 9.81. The quantitative estimate of drug-likeness (QED) is 0.636. The third-order valence-corrected chi connectivity index (χ3v) is 6.93. The Bertz CT molecular complexity index is 1070. The number of sulfonamides is 1. The van der Waals surface area contributed by atoms with Gasteiger partial charge in [0.25, 0.3) is 0 Å². The van der Waals surface area contributed by atoms with E-state index in [1.807, 2.05) is 18.2 Å². The Morgan fingerprint density at radius 2 is 1.93 bits per heavy atom. The number of hydrogen-bond acceptors (Lipinski definition) is 6. The number of hydrogen-bond donors (Lipinski definition) is 1. The number of imidazole rings is 1. The lowest BCUT2D eigenvalue weighted by Crippen LogP contribution is -2.40. The number of morpholine rings is 1. The van der Waals surface area contributed by atoms with Crippen molar-refractivity contribution in [2.75, 3.05) is 38.2 Å². The standard InChI is InChI=1S/C20H25N5O3S/c1-2-25-18-6-4-3-5-17(18)23-20(25)9-10-21-19-8-7-16(15-22-19)29(26,27)24-11-13-28-14-12-24/h3-8,15H,2,9-14H2,1H3,(H,21,22). The molecule has 0 aliphatic carbocycles. The van der Waals surface area contributed by atoms with Crippen molar-refractivity contribution in [1.82, 2.24) is 18.8 Å². The molecule has 3 heterocycles. The van der Waals surface area contributed by atoms with Crippen LogP contribution in [0.1, 0.15) is 12.7 Å². The second-order valence-electron chi connectivity index (χ2n) is 6.83. The highest BCUT2D eigenvalue weighted by Gasteiger charge is 2.26. The smallest absolute Gasteiger partial charge is 0.244 e. The van der Waals surface area contributed by atoms with Gasteiger partial charge in [-0.1, -0.05) is 12.1 Å². The molecule has 2 aromatic heterocycles. The van der Waals surface area contributed by atoms with Crippen molar-refractivity contribution in [3.05, 3.63) is 48.4 Å². The number of aromatic nitrogens is 3. The van der Waals surface area contributed by atoms with E-state index in [4.69, 9.17) is 9.72 Å². The molecule has 0 unspecified atom stereocenters. The summed E-state index contributed by atoms with van der Waals surface area (Å²) in [5.74, 6) is 1.66. The third kappa shape index (κ3) is 4.12. The molecule has 29 heavy (non-hydrogen) atoms. The minimum absolute atomic E-state index is 0.206. The summed E-state index contributed by atoms with van der Waals surface area (Å²) in [5.41, 5.74) is 2.14. The van der Waals surface area contributed by atoms with Crippen LogP contribution in [-0.2, 0) is 27.7 Å². The largest absolute Gasteiger partial charge is 0.379 e. The maximum atomic E-state index is 12.7. The normalized spacial score (nSPS) is 15.6. The number of nitrogens with zero attached hydrogens (tertiary/aromatic N) is 4. The summed E-state index contributed by atoms with van der Waals surface area (Å²) < 4.78 is 34.2. The Morgan fingerprint density at radius 3 is 2.66 bits per heavy atom. The van der Waals surface area contributed by atoms with Crippen molar-refractivity contribution < 1.29 is 13.2 Å². The fraction of sp³-hybridized carbons (Fsp3) is 0.400. The van der Waals surface area contributed by atoms with Gasteiger partial charge < -0.3 is 14.6 Å². The van der Waals surface area contributed by atoms with E-state index in [1.54, 1.807) is 12.1 Å². The van der Waals surface area contributed by atoms with Gasteiger partial charge in [0.05, 0.1) is 24.2 Å². The van der Waals surface area contributed by atoms with Crippen molar-refractivity contribution in [3.63, 3.8) is 0 Å².